The van der Waals surface area contributed by atoms with E-state index >= 15 is 0 Å². The van der Waals surface area contributed by atoms with E-state index in [4.69, 9.17) is 10.5 Å². The van der Waals surface area contributed by atoms with Crippen molar-refractivity contribution >= 4 is 21.6 Å². The van der Waals surface area contributed by atoms with Crippen LogP contribution in [0, 0.1) is 0 Å². The number of hydrogen-bond donors (Lipinski definition) is 1. The Bertz CT molecular complexity index is 604. The Labute approximate surface area is 114 Å². The third kappa shape index (κ3) is 3.14. The molecule has 0 fully saturated rings. The largest absolute Gasteiger partial charge is 0.436 e. The second-order valence-electron chi connectivity index (χ2n) is 3.53. The van der Waals surface area contributed by atoms with Crippen LogP contribution in [0.3, 0.4) is 0 Å². The van der Waals surface area contributed by atoms with Crippen LogP contribution >= 0.6 is 15.9 Å². The zero-order valence-electron chi connectivity index (χ0n) is 9.28. The van der Waals surface area contributed by atoms with Crippen molar-refractivity contribution in [2.75, 3.05) is 5.73 Å². The maximum absolute atomic E-state index is 12.5. The molecule has 0 unspecified atom stereocenters. The van der Waals surface area contributed by atoms with Gasteiger partial charge < -0.3 is 10.5 Å². The Morgan fingerprint density at radius 2 is 2.00 bits per heavy atom. The lowest BCUT2D eigenvalue weighted by molar-refractivity contribution is -0.137. The van der Waals surface area contributed by atoms with E-state index < -0.39 is 11.7 Å². The van der Waals surface area contributed by atoms with Crippen LogP contribution in [0.1, 0.15) is 5.56 Å². The average Bonchev–Trinajstić information content (AvgIpc) is 2.33. The van der Waals surface area contributed by atoms with E-state index in [9.17, 15) is 13.2 Å². The molecule has 0 saturated carbocycles. The number of anilines is 1. The summed E-state index contributed by atoms with van der Waals surface area (Å²) in [6, 6.07) is 2.85. The number of nitrogen functional groups attached to an aromatic ring is 1. The highest BCUT2D eigenvalue weighted by Crippen LogP contribution is 2.36. The molecular weight excluding hydrogens is 327 g/mol. The minimum Gasteiger partial charge on any atom is -0.436 e. The third-order valence-corrected chi connectivity index (χ3v) is 2.72. The Morgan fingerprint density at radius 3 is 2.58 bits per heavy atom. The summed E-state index contributed by atoms with van der Waals surface area (Å²) in [6.07, 6.45) is -1.74. The van der Waals surface area contributed by atoms with Gasteiger partial charge in [-0.3, -0.25) is 0 Å². The minimum atomic E-state index is -4.44. The van der Waals surface area contributed by atoms with Crippen molar-refractivity contribution in [2.24, 2.45) is 0 Å². The molecule has 0 aliphatic rings. The van der Waals surface area contributed by atoms with Crippen LogP contribution in [0.25, 0.3) is 0 Å². The van der Waals surface area contributed by atoms with Crippen LogP contribution in [0.5, 0.6) is 11.6 Å². The molecule has 8 heteroatoms. The van der Waals surface area contributed by atoms with E-state index in [0.29, 0.717) is 4.47 Å². The topological polar surface area (TPSA) is 61.0 Å². The van der Waals surface area contributed by atoms with Crippen LogP contribution in [-0.4, -0.2) is 9.97 Å². The first-order valence-electron chi connectivity index (χ1n) is 4.98. The van der Waals surface area contributed by atoms with Gasteiger partial charge in [0.15, 0.2) is 5.75 Å². The molecule has 4 nitrogen and oxygen atoms in total. The predicted molar refractivity (Wildman–Crippen MR) is 65.7 cm³/mol. The SMILES string of the molecule is Nc1cc(C(F)(F)F)ccc1Oc1ncncc1Br. The molecule has 1 heterocycles. The van der Waals surface area contributed by atoms with Crippen LogP contribution < -0.4 is 10.5 Å². The van der Waals surface area contributed by atoms with Gasteiger partial charge in [0.1, 0.15) is 6.33 Å². The van der Waals surface area contributed by atoms with Crippen molar-refractivity contribution in [3.05, 3.63) is 40.8 Å². The first-order valence-corrected chi connectivity index (χ1v) is 5.77. The molecule has 0 aliphatic carbocycles. The molecule has 2 aromatic rings. The number of ether oxygens (including phenoxy) is 1. The minimum absolute atomic E-state index is 0.0902. The maximum Gasteiger partial charge on any atom is 0.416 e. The molecule has 100 valence electrons. The highest BCUT2D eigenvalue weighted by atomic mass is 79.9. The smallest absolute Gasteiger partial charge is 0.416 e. The van der Waals surface area contributed by atoms with Crippen molar-refractivity contribution in [1.82, 2.24) is 9.97 Å². The molecule has 19 heavy (non-hydrogen) atoms. The summed E-state index contributed by atoms with van der Waals surface area (Å²) in [4.78, 5) is 7.57. The van der Waals surface area contributed by atoms with Gasteiger partial charge in [0, 0.05) is 6.20 Å². The Hall–Kier alpha value is -1.83. The summed E-state index contributed by atoms with van der Waals surface area (Å²) < 4.78 is 43.2. The van der Waals surface area contributed by atoms with Crippen molar-refractivity contribution < 1.29 is 17.9 Å². The van der Waals surface area contributed by atoms with Gasteiger partial charge in [0.05, 0.1) is 15.7 Å². The molecule has 1 aromatic heterocycles. The van der Waals surface area contributed by atoms with Crippen LogP contribution in [-0.2, 0) is 6.18 Å². The van der Waals surface area contributed by atoms with Gasteiger partial charge in [0.2, 0.25) is 5.88 Å². The summed E-state index contributed by atoms with van der Waals surface area (Å²) in [7, 11) is 0. The number of aromatic nitrogens is 2. The fraction of sp³-hybridized carbons (Fsp3) is 0.0909. The summed E-state index contributed by atoms with van der Waals surface area (Å²) in [5.74, 6) is 0.258. The van der Waals surface area contributed by atoms with E-state index in [2.05, 4.69) is 25.9 Å². The van der Waals surface area contributed by atoms with Gasteiger partial charge >= 0.3 is 6.18 Å². The Kier molecular flexibility index (Phi) is 3.61. The van der Waals surface area contributed by atoms with Crippen molar-refractivity contribution in [3.63, 3.8) is 0 Å². The molecule has 0 amide bonds. The summed E-state index contributed by atoms with van der Waals surface area (Å²) >= 11 is 3.15. The van der Waals surface area contributed by atoms with Crippen LogP contribution in [0.15, 0.2) is 35.2 Å². The zero-order chi connectivity index (χ0) is 14.0. The van der Waals surface area contributed by atoms with E-state index in [1.54, 1.807) is 0 Å². The summed E-state index contributed by atoms with van der Waals surface area (Å²) in [5, 5.41) is 0. The van der Waals surface area contributed by atoms with E-state index in [1.165, 1.54) is 12.5 Å². The van der Waals surface area contributed by atoms with Gasteiger partial charge in [0.25, 0.3) is 0 Å². The molecule has 2 N–H and O–H groups in total. The normalized spacial score (nSPS) is 11.4. The van der Waals surface area contributed by atoms with Crippen molar-refractivity contribution in [2.45, 2.75) is 6.18 Å². The number of rotatable bonds is 2. The lowest BCUT2D eigenvalue weighted by Gasteiger charge is -2.11. The fourth-order valence-electron chi connectivity index (χ4n) is 1.30. The molecule has 0 spiro atoms. The van der Waals surface area contributed by atoms with E-state index in [0.717, 1.165) is 18.2 Å². The molecule has 1 aromatic carbocycles. The molecule has 2 rings (SSSR count). The van der Waals surface area contributed by atoms with Gasteiger partial charge in [-0.05, 0) is 34.1 Å². The van der Waals surface area contributed by atoms with Gasteiger partial charge in [-0.15, -0.1) is 0 Å². The quantitative estimate of drug-likeness (QED) is 0.852. The molecule has 0 bridgehead atoms. The van der Waals surface area contributed by atoms with Gasteiger partial charge in [-0.25, -0.2) is 9.97 Å². The fourth-order valence-corrected chi connectivity index (χ4v) is 1.60. The van der Waals surface area contributed by atoms with E-state index in [-0.39, 0.29) is 17.3 Å². The van der Waals surface area contributed by atoms with Gasteiger partial charge in [-0.2, -0.15) is 13.2 Å². The van der Waals surface area contributed by atoms with E-state index in [1.807, 2.05) is 0 Å². The molecule has 0 saturated heterocycles. The number of benzene rings is 1. The Balaban J connectivity index is 2.30. The number of nitrogens with two attached hydrogens (primary N) is 1. The second-order valence-corrected chi connectivity index (χ2v) is 4.38. The maximum atomic E-state index is 12.5. The van der Waals surface area contributed by atoms with Crippen molar-refractivity contribution in [3.8, 4) is 11.6 Å². The Morgan fingerprint density at radius 1 is 1.26 bits per heavy atom. The zero-order valence-corrected chi connectivity index (χ0v) is 10.9. The highest BCUT2D eigenvalue weighted by molar-refractivity contribution is 9.10. The summed E-state index contributed by atoms with van der Waals surface area (Å²) in [5.41, 5.74) is 4.57. The van der Waals surface area contributed by atoms with Crippen molar-refractivity contribution in [1.29, 1.82) is 0 Å². The molecule has 0 radical (unpaired) electrons. The molecular formula is C11H7BrF3N3O. The number of halogens is 4. The first-order chi connectivity index (χ1) is 8.88. The monoisotopic (exact) mass is 333 g/mol. The highest BCUT2D eigenvalue weighted by Gasteiger charge is 2.31. The standard InChI is InChI=1S/C11H7BrF3N3O/c12-7-4-17-5-18-10(7)19-9-2-1-6(3-8(9)16)11(13,14)15/h1-5H,16H2. The van der Waals surface area contributed by atoms with Crippen LogP contribution in [0.4, 0.5) is 18.9 Å². The molecule has 0 aliphatic heterocycles. The summed E-state index contributed by atoms with van der Waals surface area (Å²) in [6.45, 7) is 0. The second kappa shape index (κ2) is 5.04. The number of hydrogen-bond acceptors (Lipinski definition) is 4. The van der Waals surface area contributed by atoms with Crippen LogP contribution in [0.2, 0.25) is 0 Å². The predicted octanol–water partition coefficient (Wildman–Crippen LogP) is 3.63. The number of nitrogens with zero attached hydrogens (tertiary/aromatic N) is 2. The first kappa shape index (κ1) is 13.6. The third-order valence-electron chi connectivity index (χ3n) is 2.18. The lowest BCUT2D eigenvalue weighted by atomic mass is 10.2. The average molecular weight is 334 g/mol. The van der Waals surface area contributed by atoms with Gasteiger partial charge in [-0.1, -0.05) is 0 Å². The number of alkyl halides is 3. The molecule has 0 atom stereocenters. The lowest BCUT2D eigenvalue weighted by Crippen LogP contribution is -2.06.